The molecule has 3 nitrogen and oxygen atoms in total. The number of nitrogens with zero attached hydrogens (tertiary/aromatic N) is 2. The zero-order valence-electron chi connectivity index (χ0n) is 8.71. The van der Waals surface area contributed by atoms with Crippen LogP contribution >= 0.6 is 0 Å². The second-order valence-electron chi connectivity index (χ2n) is 3.74. The van der Waals surface area contributed by atoms with E-state index in [-0.39, 0.29) is 0 Å². The molecule has 0 saturated carbocycles. The fourth-order valence-electron chi connectivity index (χ4n) is 2.02. The number of hydrogen-bond donors (Lipinski definition) is 1. The minimum Gasteiger partial charge on any atom is -0.370 e. The van der Waals surface area contributed by atoms with E-state index in [4.69, 9.17) is 0 Å². The number of aryl methyl sites for hydroxylation is 1. The van der Waals surface area contributed by atoms with Crippen molar-refractivity contribution in [3.05, 3.63) is 17.6 Å². The Morgan fingerprint density at radius 1 is 1.21 bits per heavy atom. The lowest BCUT2D eigenvalue weighted by molar-refractivity contribution is 0.709. The van der Waals surface area contributed by atoms with Gasteiger partial charge in [0.1, 0.15) is 12.1 Å². The molecular weight excluding hydrogens is 174 g/mol. The van der Waals surface area contributed by atoms with Gasteiger partial charge in [-0.15, -0.1) is 0 Å². The van der Waals surface area contributed by atoms with Gasteiger partial charge >= 0.3 is 0 Å². The van der Waals surface area contributed by atoms with Crippen molar-refractivity contribution in [1.82, 2.24) is 9.97 Å². The van der Waals surface area contributed by atoms with Crippen LogP contribution in [-0.2, 0) is 12.8 Å². The molecule has 1 aromatic rings. The number of rotatable bonds is 2. The molecule has 0 atom stereocenters. The van der Waals surface area contributed by atoms with Gasteiger partial charge in [0.05, 0.1) is 0 Å². The fourth-order valence-corrected chi connectivity index (χ4v) is 2.02. The quantitative estimate of drug-likeness (QED) is 0.728. The standard InChI is InChI=1S/C11H17N3/c1-2-12-11-9-6-4-3-5-7-10(9)13-8-14-11/h8H,2-7H2,1H3,(H,12,13,14). The average molecular weight is 191 g/mol. The maximum atomic E-state index is 4.37. The van der Waals surface area contributed by atoms with Gasteiger partial charge in [-0.3, -0.25) is 0 Å². The molecule has 0 aromatic carbocycles. The molecule has 0 fully saturated rings. The number of fused-ring (bicyclic) bond motifs is 1. The van der Waals surface area contributed by atoms with Crippen molar-refractivity contribution in [3.8, 4) is 0 Å². The maximum absolute atomic E-state index is 4.37. The zero-order chi connectivity index (χ0) is 9.80. The van der Waals surface area contributed by atoms with Crippen molar-refractivity contribution in [2.45, 2.75) is 39.0 Å². The first-order valence-corrected chi connectivity index (χ1v) is 5.48. The van der Waals surface area contributed by atoms with Crippen LogP contribution < -0.4 is 5.32 Å². The third kappa shape index (κ3) is 1.86. The predicted molar refractivity (Wildman–Crippen MR) is 57.5 cm³/mol. The van der Waals surface area contributed by atoms with Crippen LogP contribution in [0.1, 0.15) is 37.4 Å². The molecule has 0 aliphatic heterocycles. The van der Waals surface area contributed by atoms with Gasteiger partial charge in [0.15, 0.2) is 0 Å². The van der Waals surface area contributed by atoms with Gasteiger partial charge in [0, 0.05) is 17.8 Å². The lowest BCUT2D eigenvalue weighted by Gasteiger charge is -2.10. The molecule has 0 radical (unpaired) electrons. The summed E-state index contributed by atoms with van der Waals surface area (Å²) in [6, 6.07) is 0. The molecule has 1 aliphatic rings. The molecule has 1 N–H and O–H groups in total. The van der Waals surface area contributed by atoms with Crippen molar-refractivity contribution in [2.75, 3.05) is 11.9 Å². The van der Waals surface area contributed by atoms with Gasteiger partial charge in [-0.2, -0.15) is 0 Å². The van der Waals surface area contributed by atoms with Crippen molar-refractivity contribution in [2.24, 2.45) is 0 Å². The van der Waals surface area contributed by atoms with Gasteiger partial charge in [-0.05, 0) is 32.6 Å². The topological polar surface area (TPSA) is 37.8 Å². The van der Waals surface area contributed by atoms with Gasteiger partial charge < -0.3 is 5.32 Å². The highest BCUT2D eigenvalue weighted by Gasteiger charge is 2.13. The average Bonchev–Trinajstić information content (AvgIpc) is 2.44. The van der Waals surface area contributed by atoms with Crippen molar-refractivity contribution >= 4 is 5.82 Å². The lowest BCUT2D eigenvalue weighted by atomic mass is 10.1. The molecule has 3 heteroatoms. The van der Waals surface area contributed by atoms with Gasteiger partial charge in [0.2, 0.25) is 0 Å². The van der Waals surface area contributed by atoms with E-state index in [0.29, 0.717) is 0 Å². The summed E-state index contributed by atoms with van der Waals surface area (Å²) < 4.78 is 0. The van der Waals surface area contributed by atoms with Crippen LogP contribution in [0.4, 0.5) is 5.82 Å². The number of anilines is 1. The summed E-state index contributed by atoms with van der Waals surface area (Å²) >= 11 is 0. The zero-order valence-corrected chi connectivity index (χ0v) is 8.71. The van der Waals surface area contributed by atoms with Crippen LogP contribution in [0, 0.1) is 0 Å². The highest BCUT2D eigenvalue weighted by Crippen LogP contribution is 2.23. The molecule has 76 valence electrons. The van der Waals surface area contributed by atoms with E-state index >= 15 is 0 Å². The Hall–Kier alpha value is -1.12. The molecule has 14 heavy (non-hydrogen) atoms. The number of aromatic nitrogens is 2. The Morgan fingerprint density at radius 3 is 2.93 bits per heavy atom. The largest absolute Gasteiger partial charge is 0.370 e. The van der Waals surface area contributed by atoms with E-state index in [1.807, 2.05) is 0 Å². The predicted octanol–water partition coefficient (Wildman–Crippen LogP) is 2.18. The summed E-state index contributed by atoms with van der Waals surface area (Å²) in [7, 11) is 0. The first-order valence-electron chi connectivity index (χ1n) is 5.48. The summed E-state index contributed by atoms with van der Waals surface area (Å²) in [5, 5.41) is 3.31. The van der Waals surface area contributed by atoms with Crippen LogP contribution in [0.25, 0.3) is 0 Å². The van der Waals surface area contributed by atoms with E-state index in [0.717, 1.165) is 25.2 Å². The van der Waals surface area contributed by atoms with E-state index in [9.17, 15) is 0 Å². The Kier molecular flexibility index (Phi) is 2.96. The highest BCUT2D eigenvalue weighted by atomic mass is 15.0. The second-order valence-corrected chi connectivity index (χ2v) is 3.74. The Labute approximate surface area is 85.0 Å². The van der Waals surface area contributed by atoms with Gasteiger partial charge in [-0.1, -0.05) is 6.42 Å². The second kappa shape index (κ2) is 4.40. The monoisotopic (exact) mass is 191 g/mol. The van der Waals surface area contributed by atoms with Crippen LogP contribution in [-0.4, -0.2) is 16.5 Å². The van der Waals surface area contributed by atoms with Crippen LogP contribution in [0.2, 0.25) is 0 Å². The third-order valence-corrected chi connectivity index (χ3v) is 2.72. The molecule has 0 bridgehead atoms. The molecular formula is C11H17N3. The van der Waals surface area contributed by atoms with Crippen molar-refractivity contribution in [1.29, 1.82) is 0 Å². The van der Waals surface area contributed by atoms with Crippen LogP contribution in [0.15, 0.2) is 6.33 Å². The minimum absolute atomic E-state index is 0.934. The molecule has 1 aromatic heterocycles. The summed E-state index contributed by atoms with van der Waals surface area (Å²) in [6.45, 7) is 3.04. The first kappa shape index (κ1) is 9.44. The molecule has 1 aliphatic carbocycles. The summed E-state index contributed by atoms with van der Waals surface area (Å²) in [5.41, 5.74) is 2.61. The number of hydrogen-bond acceptors (Lipinski definition) is 3. The van der Waals surface area contributed by atoms with Crippen molar-refractivity contribution < 1.29 is 0 Å². The van der Waals surface area contributed by atoms with Gasteiger partial charge in [-0.25, -0.2) is 9.97 Å². The summed E-state index contributed by atoms with van der Waals surface area (Å²) in [5.74, 6) is 1.06. The molecule has 0 spiro atoms. The Morgan fingerprint density at radius 2 is 2.07 bits per heavy atom. The lowest BCUT2D eigenvalue weighted by Crippen LogP contribution is -2.07. The third-order valence-electron chi connectivity index (χ3n) is 2.72. The molecule has 0 amide bonds. The molecule has 0 unspecified atom stereocenters. The van der Waals surface area contributed by atoms with E-state index in [2.05, 4.69) is 22.2 Å². The Bertz CT molecular complexity index is 309. The summed E-state index contributed by atoms with van der Waals surface area (Å²) in [6.07, 6.45) is 7.81. The minimum atomic E-state index is 0.934. The van der Waals surface area contributed by atoms with E-state index in [1.54, 1.807) is 6.33 Å². The van der Waals surface area contributed by atoms with Crippen LogP contribution in [0.3, 0.4) is 0 Å². The smallest absolute Gasteiger partial charge is 0.132 e. The Balaban J connectivity index is 2.32. The first-order chi connectivity index (χ1) is 6.92. The van der Waals surface area contributed by atoms with Crippen LogP contribution in [0.5, 0.6) is 0 Å². The summed E-state index contributed by atoms with van der Waals surface area (Å²) in [4.78, 5) is 8.67. The highest BCUT2D eigenvalue weighted by molar-refractivity contribution is 5.46. The molecule has 1 heterocycles. The maximum Gasteiger partial charge on any atom is 0.132 e. The molecule has 0 saturated heterocycles. The fraction of sp³-hybridized carbons (Fsp3) is 0.636. The van der Waals surface area contributed by atoms with Crippen molar-refractivity contribution in [3.63, 3.8) is 0 Å². The van der Waals surface area contributed by atoms with Gasteiger partial charge in [0.25, 0.3) is 0 Å². The van der Waals surface area contributed by atoms with E-state index < -0.39 is 0 Å². The number of nitrogens with one attached hydrogen (secondary N) is 1. The van der Waals surface area contributed by atoms with E-state index in [1.165, 1.54) is 30.5 Å². The SMILES string of the molecule is CCNc1ncnc2c1CCCCC2. The normalized spacial score (nSPS) is 15.8. The molecule has 2 rings (SSSR count).